The molecule has 2 heterocycles. The second kappa shape index (κ2) is 5.30. The van der Waals surface area contributed by atoms with Crippen LogP contribution < -0.4 is 0 Å². The van der Waals surface area contributed by atoms with Crippen LogP contribution in [0.2, 0.25) is 0 Å². The molecule has 0 bridgehead atoms. The van der Waals surface area contributed by atoms with Crippen LogP contribution in [-0.2, 0) is 15.7 Å². The fourth-order valence-corrected chi connectivity index (χ4v) is 3.53. The Morgan fingerprint density at radius 3 is 2.46 bits per heavy atom. The molecule has 0 radical (unpaired) electrons. The Hall–Kier alpha value is -1.92. The third kappa shape index (κ3) is 2.47. The number of nitrogens with zero attached hydrogens (tertiary/aromatic N) is 2. The van der Waals surface area contributed by atoms with Gasteiger partial charge in [-0.15, -0.1) is 10.2 Å². The van der Waals surface area contributed by atoms with Crippen molar-refractivity contribution in [3.63, 3.8) is 0 Å². The number of fused-ring (bicyclic) bond motifs is 1. The van der Waals surface area contributed by atoms with Gasteiger partial charge in [0, 0.05) is 11.5 Å². The number of hydrogen-bond acceptors (Lipinski definition) is 5. The monoisotopic (exact) mass is 350 g/mol. The van der Waals surface area contributed by atoms with Crippen LogP contribution in [0, 0.1) is 0 Å². The number of rotatable bonds is 3. The van der Waals surface area contributed by atoms with Crippen molar-refractivity contribution in [1.82, 2.24) is 10.2 Å². The van der Waals surface area contributed by atoms with E-state index < -0.39 is 0 Å². The first kappa shape index (κ1) is 16.3. The maximum atomic E-state index is 6.25. The maximum Gasteiger partial charge on any atom is 0.495 e. The average Bonchev–Trinajstić information content (AvgIpc) is 3.08. The molecule has 0 spiro atoms. The van der Waals surface area contributed by atoms with Crippen LogP contribution >= 0.6 is 0 Å². The molecule has 1 aromatic carbocycles. The molecule has 5 nitrogen and oxygen atoms in total. The average molecular weight is 350 g/mol. The molecule has 0 atom stereocenters. The van der Waals surface area contributed by atoms with Crippen molar-refractivity contribution in [2.45, 2.75) is 64.1 Å². The summed E-state index contributed by atoms with van der Waals surface area (Å²) in [7, 11) is -0.346. The highest BCUT2D eigenvalue weighted by Gasteiger charge is 2.53. The molecule has 0 N–H and O–H groups in total. The normalized spacial score (nSPS) is 23.2. The van der Waals surface area contributed by atoms with Crippen molar-refractivity contribution < 1.29 is 13.7 Å². The minimum absolute atomic E-state index is 0.343. The second-order valence-corrected chi connectivity index (χ2v) is 8.54. The third-order valence-corrected chi connectivity index (χ3v) is 6.08. The third-order valence-electron chi connectivity index (χ3n) is 6.08. The van der Waals surface area contributed by atoms with Crippen LogP contribution in [0.15, 0.2) is 28.7 Å². The Balaban J connectivity index is 1.46. The maximum absolute atomic E-state index is 6.25. The largest absolute Gasteiger partial charge is 0.495 e. The highest BCUT2D eigenvalue weighted by atomic mass is 16.7. The Labute approximate surface area is 153 Å². The van der Waals surface area contributed by atoms with Crippen LogP contribution in [0.25, 0.3) is 16.9 Å². The predicted octanol–water partition coefficient (Wildman–Crippen LogP) is 4.18. The number of aromatic nitrogens is 2. The minimum atomic E-state index is -0.346. The lowest BCUT2D eigenvalue weighted by atomic mass is 9.75. The zero-order valence-electron chi connectivity index (χ0n) is 15.7. The summed E-state index contributed by atoms with van der Waals surface area (Å²) in [6, 6.07) is 6.33. The smallest absolute Gasteiger partial charge is 0.420 e. The van der Waals surface area contributed by atoms with Crippen molar-refractivity contribution in [2.24, 2.45) is 0 Å². The van der Waals surface area contributed by atoms with Gasteiger partial charge in [0.25, 0.3) is 0 Å². The lowest BCUT2D eigenvalue weighted by Gasteiger charge is -2.32. The summed E-state index contributed by atoms with van der Waals surface area (Å²) in [5, 5.41) is 8.45. The van der Waals surface area contributed by atoms with Gasteiger partial charge >= 0.3 is 7.12 Å². The van der Waals surface area contributed by atoms with E-state index in [0.717, 1.165) is 41.8 Å². The van der Waals surface area contributed by atoms with Gasteiger partial charge in [-0.25, -0.2) is 0 Å². The molecule has 2 aromatic rings. The number of allylic oxidation sites excluding steroid dienone is 1. The molecule has 1 saturated carbocycles. The quantitative estimate of drug-likeness (QED) is 0.777. The fraction of sp³-hybridized carbons (Fsp3) is 0.500. The molecule has 6 heteroatoms. The van der Waals surface area contributed by atoms with E-state index in [1.165, 1.54) is 5.56 Å². The van der Waals surface area contributed by atoms with Crippen LogP contribution in [0.5, 0.6) is 0 Å². The van der Waals surface area contributed by atoms with Gasteiger partial charge in [0.05, 0.1) is 11.2 Å². The lowest BCUT2D eigenvalue weighted by molar-refractivity contribution is 0.00578. The van der Waals surface area contributed by atoms with Crippen molar-refractivity contribution in [3.05, 3.63) is 41.3 Å². The predicted molar refractivity (Wildman–Crippen MR) is 99.5 cm³/mol. The molecule has 2 aliphatic carbocycles. The van der Waals surface area contributed by atoms with Crippen LogP contribution in [0.3, 0.4) is 0 Å². The first-order chi connectivity index (χ1) is 12.3. The molecule has 2 fully saturated rings. The van der Waals surface area contributed by atoms with E-state index in [9.17, 15) is 0 Å². The summed E-state index contributed by atoms with van der Waals surface area (Å²) in [5.74, 6) is 1.82. The molecule has 1 aliphatic heterocycles. The topological polar surface area (TPSA) is 57.4 Å². The van der Waals surface area contributed by atoms with E-state index in [4.69, 9.17) is 13.7 Å². The molecular weight excluding hydrogens is 327 g/mol. The first-order valence-corrected chi connectivity index (χ1v) is 9.37. The molecular formula is C20H23BN2O3. The summed E-state index contributed by atoms with van der Waals surface area (Å²) in [6.45, 7) is 8.32. The highest BCUT2D eigenvalue weighted by molar-refractivity contribution is 6.69. The Morgan fingerprint density at radius 2 is 1.77 bits per heavy atom. The van der Waals surface area contributed by atoms with Crippen LogP contribution in [0.1, 0.15) is 63.5 Å². The van der Waals surface area contributed by atoms with Gasteiger partial charge in [-0.05, 0) is 75.7 Å². The van der Waals surface area contributed by atoms with E-state index in [1.54, 1.807) is 0 Å². The zero-order chi connectivity index (χ0) is 18.1. The van der Waals surface area contributed by atoms with E-state index in [1.807, 2.05) is 0 Å². The Bertz CT molecular complexity index is 896. The highest BCUT2D eigenvalue weighted by Crippen LogP contribution is 2.44. The van der Waals surface area contributed by atoms with E-state index in [2.05, 4.69) is 62.2 Å². The van der Waals surface area contributed by atoms with E-state index in [0.29, 0.717) is 11.8 Å². The Kier molecular flexibility index (Phi) is 3.32. The molecule has 0 amide bonds. The van der Waals surface area contributed by atoms with Gasteiger partial charge in [-0.2, -0.15) is 0 Å². The van der Waals surface area contributed by atoms with Crippen LogP contribution in [0.4, 0.5) is 0 Å². The summed E-state index contributed by atoms with van der Waals surface area (Å²) in [6.07, 6.45) is 5.41. The summed E-state index contributed by atoms with van der Waals surface area (Å²) >= 11 is 0. The van der Waals surface area contributed by atoms with Gasteiger partial charge in [-0.1, -0.05) is 12.1 Å². The Morgan fingerprint density at radius 1 is 1.04 bits per heavy atom. The van der Waals surface area contributed by atoms with Gasteiger partial charge in [0.2, 0.25) is 11.8 Å². The summed E-state index contributed by atoms with van der Waals surface area (Å²) < 4.78 is 18.4. The SMILES string of the molecule is CC1(C)OB(C2=CCc3ccc(-c4nnc(C5CC5)o4)cc32)OC1(C)C. The summed E-state index contributed by atoms with van der Waals surface area (Å²) in [4.78, 5) is 0. The molecule has 0 unspecified atom stereocenters. The molecule has 134 valence electrons. The number of benzene rings is 1. The van der Waals surface area contributed by atoms with Crippen molar-refractivity contribution in [3.8, 4) is 11.5 Å². The second-order valence-electron chi connectivity index (χ2n) is 8.54. The first-order valence-electron chi connectivity index (χ1n) is 9.37. The summed E-state index contributed by atoms with van der Waals surface area (Å²) in [5.41, 5.74) is 3.80. The van der Waals surface area contributed by atoms with Gasteiger partial charge in [0.1, 0.15) is 0 Å². The minimum Gasteiger partial charge on any atom is -0.420 e. The molecule has 1 saturated heterocycles. The van der Waals surface area contributed by atoms with Crippen molar-refractivity contribution >= 4 is 12.6 Å². The molecule has 1 aromatic heterocycles. The van der Waals surface area contributed by atoms with Gasteiger partial charge < -0.3 is 13.7 Å². The fourth-order valence-electron chi connectivity index (χ4n) is 3.53. The molecule has 3 aliphatic rings. The molecule has 5 rings (SSSR count). The standard InChI is InChI=1S/C20H23BN2O3/c1-19(2)20(3,4)26-21(25-19)16-10-9-12-5-8-14(11-15(12)16)18-23-22-17(24-18)13-6-7-13/h5,8,10-11,13H,6-7,9H2,1-4H3. The zero-order valence-corrected chi connectivity index (χ0v) is 15.7. The number of hydrogen-bond donors (Lipinski definition) is 0. The van der Waals surface area contributed by atoms with Crippen molar-refractivity contribution in [1.29, 1.82) is 0 Å². The lowest BCUT2D eigenvalue weighted by Crippen LogP contribution is -2.41. The van der Waals surface area contributed by atoms with Gasteiger partial charge in [-0.3, -0.25) is 0 Å². The van der Waals surface area contributed by atoms with Crippen LogP contribution in [-0.4, -0.2) is 28.5 Å². The van der Waals surface area contributed by atoms with Crippen molar-refractivity contribution in [2.75, 3.05) is 0 Å². The van der Waals surface area contributed by atoms with Gasteiger partial charge in [0.15, 0.2) is 0 Å². The van der Waals surface area contributed by atoms with E-state index in [-0.39, 0.29) is 18.3 Å². The molecule has 26 heavy (non-hydrogen) atoms. The van der Waals surface area contributed by atoms with E-state index >= 15 is 0 Å².